The lowest BCUT2D eigenvalue weighted by Gasteiger charge is -2.24. The van der Waals surface area contributed by atoms with E-state index in [1.165, 1.54) is 10.6 Å². The molecule has 1 aliphatic heterocycles. The first-order valence-electron chi connectivity index (χ1n) is 8.52. The molecule has 0 radical (unpaired) electrons. The number of piperidine rings is 1. The van der Waals surface area contributed by atoms with Crippen LogP contribution in [0.4, 0.5) is 19.1 Å². The van der Waals surface area contributed by atoms with Crippen molar-refractivity contribution in [3.05, 3.63) is 36.0 Å². The predicted octanol–water partition coefficient (Wildman–Crippen LogP) is 2.68. The summed E-state index contributed by atoms with van der Waals surface area (Å²) in [6.45, 7) is 1.78. The fourth-order valence-electron chi connectivity index (χ4n) is 3.19. The predicted molar refractivity (Wildman–Crippen MR) is 92.4 cm³/mol. The van der Waals surface area contributed by atoms with Crippen LogP contribution in [0.1, 0.15) is 18.4 Å². The molecule has 0 saturated carbocycles. The van der Waals surface area contributed by atoms with Gasteiger partial charge in [0.05, 0.1) is 17.3 Å². The SMILES string of the molecule is Oc1cc(C(F)(F)F)ccc1-c1nnc(NC2CCCNC2)n2nccc12. The van der Waals surface area contributed by atoms with E-state index < -0.39 is 17.5 Å². The molecule has 0 spiro atoms. The van der Waals surface area contributed by atoms with Crippen molar-refractivity contribution in [2.45, 2.75) is 25.1 Å². The molecular weight excluding hydrogens is 361 g/mol. The van der Waals surface area contributed by atoms with E-state index in [-0.39, 0.29) is 17.3 Å². The summed E-state index contributed by atoms with van der Waals surface area (Å²) in [6, 6.07) is 4.64. The molecule has 3 aromatic rings. The summed E-state index contributed by atoms with van der Waals surface area (Å²) in [5.41, 5.74) is 0.0218. The third kappa shape index (κ3) is 3.39. The molecule has 3 heterocycles. The number of halogens is 3. The van der Waals surface area contributed by atoms with E-state index in [1.54, 1.807) is 12.3 Å². The summed E-state index contributed by atoms with van der Waals surface area (Å²) in [4.78, 5) is 0. The monoisotopic (exact) mass is 378 g/mol. The molecule has 1 fully saturated rings. The molecule has 27 heavy (non-hydrogen) atoms. The van der Waals surface area contributed by atoms with Crippen molar-refractivity contribution in [2.24, 2.45) is 0 Å². The van der Waals surface area contributed by atoms with Gasteiger partial charge in [-0.1, -0.05) is 0 Å². The van der Waals surface area contributed by atoms with Crippen LogP contribution in [-0.2, 0) is 6.18 Å². The Bertz CT molecular complexity index is 965. The normalized spacial score (nSPS) is 18.0. The zero-order chi connectivity index (χ0) is 19.0. The first-order chi connectivity index (χ1) is 12.9. The van der Waals surface area contributed by atoms with Gasteiger partial charge in [0.1, 0.15) is 11.4 Å². The third-order valence-electron chi connectivity index (χ3n) is 4.54. The molecule has 0 aliphatic carbocycles. The van der Waals surface area contributed by atoms with Crippen LogP contribution in [-0.4, -0.2) is 44.0 Å². The average molecular weight is 378 g/mol. The molecule has 1 aliphatic rings. The second-order valence-electron chi connectivity index (χ2n) is 6.42. The van der Waals surface area contributed by atoms with E-state index in [2.05, 4.69) is 25.9 Å². The number of phenols is 1. The van der Waals surface area contributed by atoms with Crippen LogP contribution < -0.4 is 10.6 Å². The number of benzene rings is 1. The highest BCUT2D eigenvalue weighted by molar-refractivity contribution is 5.80. The molecule has 10 heteroatoms. The van der Waals surface area contributed by atoms with E-state index >= 15 is 0 Å². The fourth-order valence-corrected chi connectivity index (χ4v) is 3.19. The molecule has 4 rings (SSSR count). The molecule has 7 nitrogen and oxygen atoms in total. The van der Waals surface area contributed by atoms with Gasteiger partial charge in [-0.05, 0) is 43.7 Å². The molecule has 2 aromatic heterocycles. The van der Waals surface area contributed by atoms with Gasteiger partial charge in [0.15, 0.2) is 0 Å². The molecule has 1 aromatic carbocycles. The average Bonchev–Trinajstić information content (AvgIpc) is 3.13. The first-order valence-corrected chi connectivity index (χ1v) is 8.52. The van der Waals surface area contributed by atoms with Gasteiger partial charge in [-0.25, -0.2) is 0 Å². The van der Waals surface area contributed by atoms with Crippen molar-refractivity contribution in [1.82, 2.24) is 25.1 Å². The summed E-state index contributed by atoms with van der Waals surface area (Å²) in [5.74, 6) is -0.0710. The number of nitrogens with zero attached hydrogens (tertiary/aromatic N) is 4. The van der Waals surface area contributed by atoms with Crippen molar-refractivity contribution in [1.29, 1.82) is 0 Å². The molecule has 1 unspecified atom stereocenters. The van der Waals surface area contributed by atoms with E-state index in [0.717, 1.165) is 32.0 Å². The summed E-state index contributed by atoms with van der Waals surface area (Å²) >= 11 is 0. The maximum Gasteiger partial charge on any atom is 0.416 e. The van der Waals surface area contributed by atoms with Crippen molar-refractivity contribution >= 4 is 11.5 Å². The van der Waals surface area contributed by atoms with Crippen LogP contribution in [0.15, 0.2) is 30.5 Å². The minimum atomic E-state index is -4.53. The minimum Gasteiger partial charge on any atom is -0.507 e. The number of phenolic OH excluding ortho intramolecular Hbond substituents is 1. The second kappa shape index (κ2) is 6.69. The van der Waals surface area contributed by atoms with Gasteiger partial charge < -0.3 is 15.7 Å². The molecule has 1 saturated heterocycles. The van der Waals surface area contributed by atoms with Crippen LogP contribution in [0.5, 0.6) is 5.75 Å². The number of alkyl halides is 3. The Balaban J connectivity index is 1.71. The fraction of sp³-hybridized carbons (Fsp3) is 0.353. The molecule has 3 N–H and O–H groups in total. The third-order valence-corrected chi connectivity index (χ3v) is 4.54. The van der Waals surface area contributed by atoms with Crippen LogP contribution in [0, 0.1) is 0 Å². The highest BCUT2D eigenvalue weighted by atomic mass is 19.4. The Morgan fingerprint density at radius 2 is 2.07 bits per heavy atom. The van der Waals surface area contributed by atoms with Crippen LogP contribution in [0.3, 0.4) is 0 Å². The summed E-state index contributed by atoms with van der Waals surface area (Å²) < 4.78 is 40.0. The smallest absolute Gasteiger partial charge is 0.416 e. The lowest BCUT2D eigenvalue weighted by atomic mass is 10.1. The lowest BCUT2D eigenvalue weighted by Crippen LogP contribution is -2.39. The second-order valence-corrected chi connectivity index (χ2v) is 6.42. The van der Waals surface area contributed by atoms with Gasteiger partial charge in [-0.15, -0.1) is 10.2 Å². The number of aromatic hydroxyl groups is 1. The quantitative estimate of drug-likeness (QED) is 0.650. The largest absolute Gasteiger partial charge is 0.507 e. The van der Waals surface area contributed by atoms with Gasteiger partial charge in [0, 0.05) is 18.2 Å². The van der Waals surface area contributed by atoms with Gasteiger partial charge in [0.25, 0.3) is 0 Å². The van der Waals surface area contributed by atoms with Crippen LogP contribution in [0.2, 0.25) is 0 Å². The Kier molecular flexibility index (Phi) is 4.34. The van der Waals surface area contributed by atoms with Crippen LogP contribution >= 0.6 is 0 Å². The van der Waals surface area contributed by atoms with E-state index in [0.29, 0.717) is 17.5 Å². The highest BCUT2D eigenvalue weighted by Crippen LogP contribution is 2.37. The van der Waals surface area contributed by atoms with E-state index in [1.807, 2.05) is 0 Å². The van der Waals surface area contributed by atoms with Gasteiger partial charge in [-0.2, -0.15) is 22.8 Å². The maximum absolute atomic E-state index is 12.8. The zero-order valence-corrected chi connectivity index (χ0v) is 14.2. The maximum atomic E-state index is 12.8. The van der Waals surface area contributed by atoms with E-state index in [9.17, 15) is 18.3 Å². The van der Waals surface area contributed by atoms with Crippen molar-refractivity contribution in [2.75, 3.05) is 18.4 Å². The van der Waals surface area contributed by atoms with Crippen LogP contribution in [0.25, 0.3) is 16.8 Å². The Hall–Kier alpha value is -2.88. The van der Waals surface area contributed by atoms with Crippen molar-refractivity contribution in [3.63, 3.8) is 0 Å². The molecular formula is C17H17F3N6O. The van der Waals surface area contributed by atoms with Gasteiger partial charge >= 0.3 is 6.18 Å². The number of hydrogen-bond donors (Lipinski definition) is 3. The Labute approximate surface area is 152 Å². The number of anilines is 1. The molecule has 0 bridgehead atoms. The number of hydrogen-bond acceptors (Lipinski definition) is 6. The van der Waals surface area contributed by atoms with Gasteiger partial charge in [-0.3, -0.25) is 0 Å². The standard InChI is InChI=1S/C17H17F3N6O/c18-17(19,20)10-3-4-12(14(27)8-10)15-13-5-7-22-26(13)16(25-24-15)23-11-2-1-6-21-9-11/h3-5,7-8,11,21,27H,1-2,6,9H2,(H,23,25). The molecule has 0 amide bonds. The molecule has 1 atom stereocenters. The Morgan fingerprint density at radius 1 is 1.22 bits per heavy atom. The topological polar surface area (TPSA) is 87.4 Å². The Morgan fingerprint density at radius 3 is 2.78 bits per heavy atom. The minimum absolute atomic E-state index is 0.159. The highest BCUT2D eigenvalue weighted by Gasteiger charge is 2.31. The number of nitrogens with one attached hydrogen (secondary N) is 2. The van der Waals surface area contributed by atoms with Crippen molar-refractivity contribution in [3.8, 4) is 17.0 Å². The summed E-state index contributed by atoms with van der Waals surface area (Å²) in [6.07, 6.45) is -0.952. The van der Waals surface area contributed by atoms with E-state index in [4.69, 9.17) is 0 Å². The summed E-state index contributed by atoms with van der Waals surface area (Å²) in [5, 5.41) is 29.2. The number of rotatable bonds is 3. The zero-order valence-electron chi connectivity index (χ0n) is 14.2. The van der Waals surface area contributed by atoms with Crippen molar-refractivity contribution < 1.29 is 18.3 Å². The number of fused-ring (bicyclic) bond motifs is 1. The first kappa shape index (κ1) is 17.5. The number of aromatic nitrogens is 4. The lowest BCUT2D eigenvalue weighted by molar-refractivity contribution is -0.137. The molecule has 142 valence electrons. The summed E-state index contributed by atoms with van der Waals surface area (Å²) in [7, 11) is 0. The van der Waals surface area contributed by atoms with Gasteiger partial charge in [0.2, 0.25) is 5.95 Å².